The fourth-order valence-electron chi connectivity index (χ4n) is 2.67. The fourth-order valence-corrected chi connectivity index (χ4v) is 2.67. The van der Waals surface area contributed by atoms with Crippen molar-refractivity contribution in [2.24, 2.45) is 5.92 Å². The van der Waals surface area contributed by atoms with Gasteiger partial charge >= 0.3 is 0 Å². The Hall–Kier alpha value is -1.55. The highest BCUT2D eigenvalue weighted by molar-refractivity contribution is 5.50. The molecular weight excluding hydrogens is 226 g/mol. The summed E-state index contributed by atoms with van der Waals surface area (Å²) in [6.07, 6.45) is 7.61. The molecule has 1 saturated heterocycles. The molecule has 0 spiro atoms. The predicted molar refractivity (Wildman–Crippen MR) is 71.0 cm³/mol. The van der Waals surface area contributed by atoms with Crippen LogP contribution in [0.4, 0.5) is 0 Å². The van der Waals surface area contributed by atoms with Crippen LogP contribution in [0.15, 0.2) is 24.5 Å². The van der Waals surface area contributed by atoms with Gasteiger partial charge in [0, 0.05) is 18.7 Å². The van der Waals surface area contributed by atoms with Crippen molar-refractivity contribution in [2.45, 2.75) is 19.3 Å². The van der Waals surface area contributed by atoms with E-state index in [1.165, 1.54) is 12.8 Å². The molecule has 4 heteroatoms. The van der Waals surface area contributed by atoms with Crippen molar-refractivity contribution in [2.75, 3.05) is 20.2 Å². The van der Waals surface area contributed by atoms with Crippen LogP contribution in [-0.4, -0.2) is 29.6 Å². The van der Waals surface area contributed by atoms with Crippen molar-refractivity contribution >= 4 is 5.52 Å². The quantitative estimate of drug-likeness (QED) is 0.897. The summed E-state index contributed by atoms with van der Waals surface area (Å²) >= 11 is 0. The third-order valence-electron chi connectivity index (χ3n) is 3.69. The average Bonchev–Trinajstić information content (AvgIpc) is 2.82. The van der Waals surface area contributed by atoms with Gasteiger partial charge in [-0.2, -0.15) is 0 Å². The Labute approximate surface area is 107 Å². The second kappa shape index (κ2) is 4.98. The highest BCUT2D eigenvalue weighted by Gasteiger charge is 2.16. The Kier molecular flexibility index (Phi) is 3.19. The van der Waals surface area contributed by atoms with Crippen LogP contribution in [0.5, 0.6) is 5.75 Å². The number of hydrogen-bond acceptors (Lipinski definition) is 3. The molecule has 96 valence electrons. The number of nitrogens with one attached hydrogen (secondary N) is 1. The lowest BCUT2D eigenvalue weighted by atomic mass is 9.96. The minimum absolute atomic E-state index is 0.714. The molecule has 2 aromatic rings. The van der Waals surface area contributed by atoms with Crippen molar-refractivity contribution < 1.29 is 4.74 Å². The summed E-state index contributed by atoms with van der Waals surface area (Å²) in [6.45, 7) is 2.28. The Bertz CT molecular complexity index is 529. The Morgan fingerprint density at radius 1 is 1.56 bits per heavy atom. The van der Waals surface area contributed by atoms with Crippen LogP contribution in [-0.2, 0) is 6.42 Å². The maximum Gasteiger partial charge on any atom is 0.122 e. The minimum atomic E-state index is 0.714. The van der Waals surface area contributed by atoms with Gasteiger partial charge in [-0.3, -0.25) is 0 Å². The topological polar surface area (TPSA) is 38.6 Å². The molecule has 18 heavy (non-hydrogen) atoms. The molecule has 1 aliphatic heterocycles. The molecule has 0 radical (unpaired) electrons. The number of nitrogens with zero attached hydrogens (tertiary/aromatic N) is 2. The molecule has 0 saturated carbocycles. The summed E-state index contributed by atoms with van der Waals surface area (Å²) in [5.41, 5.74) is 1.10. The van der Waals surface area contributed by atoms with Gasteiger partial charge in [-0.15, -0.1) is 0 Å². The van der Waals surface area contributed by atoms with Crippen molar-refractivity contribution in [3.05, 3.63) is 30.4 Å². The molecule has 3 rings (SSSR count). The second-order valence-electron chi connectivity index (χ2n) is 4.95. The van der Waals surface area contributed by atoms with Gasteiger partial charge in [-0.05, 0) is 37.9 Å². The Morgan fingerprint density at radius 3 is 3.28 bits per heavy atom. The molecule has 0 bridgehead atoms. The van der Waals surface area contributed by atoms with E-state index in [0.29, 0.717) is 5.92 Å². The number of pyridine rings is 1. The zero-order valence-corrected chi connectivity index (χ0v) is 10.7. The SMILES string of the molecule is COc1ccn2c(CC3CCCNC3)ncc2c1. The van der Waals surface area contributed by atoms with Crippen LogP contribution in [0, 0.1) is 5.92 Å². The van der Waals surface area contributed by atoms with Gasteiger partial charge in [0.05, 0.1) is 18.8 Å². The van der Waals surface area contributed by atoms with E-state index in [1.807, 2.05) is 24.5 Å². The van der Waals surface area contributed by atoms with Crippen LogP contribution >= 0.6 is 0 Å². The van der Waals surface area contributed by atoms with Gasteiger partial charge in [-0.25, -0.2) is 4.98 Å². The Morgan fingerprint density at radius 2 is 2.50 bits per heavy atom. The number of ether oxygens (including phenoxy) is 1. The van der Waals surface area contributed by atoms with Gasteiger partial charge < -0.3 is 14.5 Å². The van der Waals surface area contributed by atoms with Gasteiger partial charge in [0.25, 0.3) is 0 Å². The normalized spacial score (nSPS) is 20.2. The number of fused-ring (bicyclic) bond motifs is 1. The van der Waals surface area contributed by atoms with Gasteiger partial charge in [-0.1, -0.05) is 0 Å². The first kappa shape index (κ1) is 11.5. The lowest BCUT2D eigenvalue weighted by molar-refractivity contribution is 0.370. The number of aromatic nitrogens is 2. The summed E-state index contributed by atoms with van der Waals surface area (Å²) in [6, 6.07) is 4.01. The van der Waals surface area contributed by atoms with Crippen molar-refractivity contribution in [3.8, 4) is 5.75 Å². The average molecular weight is 245 g/mol. The summed E-state index contributed by atoms with van der Waals surface area (Å²) in [4.78, 5) is 4.54. The fraction of sp³-hybridized carbons (Fsp3) is 0.500. The van der Waals surface area contributed by atoms with Crippen LogP contribution in [0.3, 0.4) is 0 Å². The summed E-state index contributed by atoms with van der Waals surface area (Å²) < 4.78 is 7.39. The molecule has 0 aromatic carbocycles. The summed E-state index contributed by atoms with van der Waals surface area (Å²) in [5, 5.41) is 3.46. The molecule has 1 fully saturated rings. The number of imidazole rings is 1. The molecule has 2 aromatic heterocycles. The first-order valence-electron chi connectivity index (χ1n) is 6.57. The maximum absolute atomic E-state index is 5.23. The second-order valence-corrected chi connectivity index (χ2v) is 4.95. The molecule has 3 heterocycles. The monoisotopic (exact) mass is 245 g/mol. The third-order valence-corrected chi connectivity index (χ3v) is 3.69. The third kappa shape index (κ3) is 2.20. The Balaban J connectivity index is 1.83. The maximum atomic E-state index is 5.23. The molecule has 0 aliphatic carbocycles. The van der Waals surface area contributed by atoms with E-state index in [1.54, 1.807) is 7.11 Å². The van der Waals surface area contributed by atoms with E-state index in [2.05, 4.69) is 14.7 Å². The van der Waals surface area contributed by atoms with Crippen LogP contribution < -0.4 is 10.1 Å². The standard InChI is InChI=1S/C14H19N3O/c1-18-13-4-6-17-12(8-13)10-16-14(17)7-11-3-2-5-15-9-11/h4,6,8,10-11,15H,2-3,5,7,9H2,1H3. The smallest absolute Gasteiger partial charge is 0.122 e. The van der Waals surface area contributed by atoms with Gasteiger partial charge in [0.1, 0.15) is 11.6 Å². The molecular formula is C14H19N3O. The van der Waals surface area contributed by atoms with Gasteiger partial charge in [0.2, 0.25) is 0 Å². The zero-order valence-electron chi connectivity index (χ0n) is 10.7. The predicted octanol–water partition coefficient (Wildman–Crippen LogP) is 1.89. The minimum Gasteiger partial charge on any atom is -0.497 e. The van der Waals surface area contributed by atoms with Crippen LogP contribution in [0.1, 0.15) is 18.7 Å². The number of methoxy groups -OCH3 is 1. The van der Waals surface area contributed by atoms with E-state index in [9.17, 15) is 0 Å². The highest BCUT2D eigenvalue weighted by Crippen LogP contribution is 2.19. The highest BCUT2D eigenvalue weighted by atomic mass is 16.5. The summed E-state index contributed by atoms with van der Waals surface area (Å²) in [5.74, 6) is 2.75. The van der Waals surface area contributed by atoms with Crippen LogP contribution in [0.2, 0.25) is 0 Å². The first-order valence-corrected chi connectivity index (χ1v) is 6.57. The largest absolute Gasteiger partial charge is 0.497 e. The first-order chi connectivity index (χ1) is 8.86. The lowest BCUT2D eigenvalue weighted by Crippen LogP contribution is -2.31. The lowest BCUT2D eigenvalue weighted by Gasteiger charge is -2.22. The molecule has 4 nitrogen and oxygen atoms in total. The number of rotatable bonds is 3. The van der Waals surface area contributed by atoms with E-state index in [-0.39, 0.29) is 0 Å². The van der Waals surface area contributed by atoms with Crippen molar-refractivity contribution in [1.82, 2.24) is 14.7 Å². The zero-order chi connectivity index (χ0) is 12.4. The van der Waals surface area contributed by atoms with Crippen molar-refractivity contribution in [1.29, 1.82) is 0 Å². The molecule has 1 unspecified atom stereocenters. The number of piperidine rings is 1. The van der Waals surface area contributed by atoms with Gasteiger partial charge in [0.15, 0.2) is 0 Å². The van der Waals surface area contributed by atoms with E-state index in [0.717, 1.165) is 36.6 Å². The number of hydrogen-bond donors (Lipinski definition) is 1. The molecule has 1 aliphatic rings. The van der Waals surface area contributed by atoms with Crippen LogP contribution in [0.25, 0.3) is 5.52 Å². The van der Waals surface area contributed by atoms with E-state index >= 15 is 0 Å². The molecule has 1 N–H and O–H groups in total. The van der Waals surface area contributed by atoms with E-state index in [4.69, 9.17) is 4.74 Å². The molecule has 0 amide bonds. The molecule has 1 atom stereocenters. The van der Waals surface area contributed by atoms with Crippen molar-refractivity contribution in [3.63, 3.8) is 0 Å². The van der Waals surface area contributed by atoms with E-state index < -0.39 is 0 Å². The summed E-state index contributed by atoms with van der Waals surface area (Å²) in [7, 11) is 1.69.